The molecule has 0 saturated carbocycles. The average Bonchev–Trinajstić information content (AvgIpc) is 2.78. The number of nitrogens with one attached hydrogen (secondary N) is 3. The quantitative estimate of drug-likeness (QED) is 0.733. The van der Waals surface area contributed by atoms with Crippen LogP contribution in [-0.4, -0.2) is 18.0 Å². The second-order valence-corrected chi connectivity index (χ2v) is 4.70. The van der Waals surface area contributed by atoms with E-state index >= 15 is 0 Å². The standard InChI is InChI=1S/C13H19N3O/c1-9(2)14-13(17)12-8-11(15-16-12)10-6-4-3-5-7-10/h3-7,9,11-12,15-16H,8H2,1-2H3,(H,14,17). The third-order valence-corrected chi connectivity index (χ3v) is 2.85. The normalized spacial score (nSPS) is 23.9. The van der Waals surface area contributed by atoms with Crippen LogP contribution in [0.4, 0.5) is 0 Å². The van der Waals surface area contributed by atoms with Crippen molar-refractivity contribution in [3.63, 3.8) is 0 Å². The summed E-state index contributed by atoms with van der Waals surface area (Å²) in [6, 6.07) is 10.4. The highest BCUT2D eigenvalue weighted by atomic mass is 16.2. The van der Waals surface area contributed by atoms with Crippen LogP contribution in [0.5, 0.6) is 0 Å². The van der Waals surface area contributed by atoms with Crippen molar-refractivity contribution in [2.45, 2.75) is 38.4 Å². The maximum atomic E-state index is 11.8. The summed E-state index contributed by atoms with van der Waals surface area (Å²) in [6.45, 7) is 3.93. The predicted octanol–water partition coefficient (Wildman–Crippen LogP) is 1.12. The monoisotopic (exact) mass is 233 g/mol. The lowest BCUT2D eigenvalue weighted by Gasteiger charge is -2.12. The minimum Gasteiger partial charge on any atom is -0.353 e. The third-order valence-electron chi connectivity index (χ3n) is 2.85. The van der Waals surface area contributed by atoms with Gasteiger partial charge in [-0.3, -0.25) is 4.79 Å². The van der Waals surface area contributed by atoms with Gasteiger partial charge < -0.3 is 5.32 Å². The third kappa shape index (κ3) is 3.05. The fourth-order valence-electron chi connectivity index (χ4n) is 2.02. The van der Waals surface area contributed by atoms with Gasteiger partial charge in [-0.2, -0.15) is 0 Å². The van der Waals surface area contributed by atoms with Crippen LogP contribution in [-0.2, 0) is 4.79 Å². The van der Waals surface area contributed by atoms with Gasteiger partial charge in [-0.15, -0.1) is 0 Å². The zero-order valence-electron chi connectivity index (χ0n) is 10.2. The number of carbonyl (C=O) groups excluding carboxylic acids is 1. The van der Waals surface area contributed by atoms with Crippen LogP contribution in [0.15, 0.2) is 30.3 Å². The van der Waals surface area contributed by atoms with Gasteiger partial charge in [0, 0.05) is 12.1 Å². The van der Waals surface area contributed by atoms with Crippen LogP contribution in [0.1, 0.15) is 31.9 Å². The van der Waals surface area contributed by atoms with Crippen LogP contribution in [0, 0.1) is 0 Å². The first kappa shape index (κ1) is 12.1. The molecule has 2 atom stereocenters. The van der Waals surface area contributed by atoms with Crippen LogP contribution in [0.2, 0.25) is 0 Å². The average molecular weight is 233 g/mol. The highest BCUT2D eigenvalue weighted by Gasteiger charge is 2.29. The molecule has 0 spiro atoms. The van der Waals surface area contributed by atoms with Crippen LogP contribution >= 0.6 is 0 Å². The largest absolute Gasteiger partial charge is 0.353 e. The van der Waals surface area contributed by atoms with E-state index in [1.54, 1.807) is 0 Å². The molecule has 1 heterocycles. The molecule has 1 aliphatic heterocycles. The summed E-state index contributed by atoms with van der Waals surface area (Å²) in [7, 11) is 0. The lowest BCUT2D eigenvalue weighted by atomic mass is 10.0. The van der Waals surface area contributed by atoms with Crippen molar-refractivity contribution in [2.24, 2.45) is 0 Å². The predicted molar refractivity (Wildman–Crippen MR) is 67.1 cm³/mol. The second kappa shape index (κ2) is 5.29. The molecule has 4 nitrogen and oxygen atoms in total. The van der Waals surface area contributed by atoms with Gasteiger partial charge in [-0.05, 0) is 25.8 Å². The van der Waals surface area contributed by atoms with Crippen molar-refractivity contribution in [1.29, 1.82) is 0 Å². The van der Waals surface area contributed by atoms with Gasteiger partial charge in [0.2, 0.25) is 5.91 Å². The fraction of sp³-hybridized carbons (Fsp3) is 0.462. The zero-order chi connectivity index (χ0) is 12.3. The molecular weight excluding hydrogens is 214 g/mol. The first-order valence-corrected chi connectivity index (χ1v) is 6.03. The lowest BCUT2D eigenvalue weighted by molar-refractivity contribution is -0.123. The first-order chi connectivity index (χ1) is 8.16. The van der Waals surface area contributed by atoms with E-state index < -0.39 is 0 Å². The van der Waals surface area contributed by atoms with Gasteiger partial charge in [-0.25, -0.2) is 10.9 Å². The maximum Gasteiger partial charge on any atom is 0.238 e. The molecule has 1 fully saturated rings. The Morgan fingerprint density at radius 1 is 1.29 bits per heavy atom. The molecule has 1 saturated heterocycles. The highest BCUT2D eigenvalue weighted by Crippen LogP contribution is 2.21. The van der Waals surface area contributed by atoms with Gasteiger partial charge in [0.25, 0.3) is 0 Å². The lowest BCUT2D eigenvalue weighted by Crippen LogP contribution is -2.45. The van der Waals surface area contributed by atoms with Crippen molar-refractivity contribution in [1.82, 2.24) is 16.2 Å². The summed E-state index contributed by atoms with van der Waals surface area (Å²) in [6.07, 6.45) is 0.780. The smallest absolute Gasteiger partial charge is 0.238 e. The van der Waals surface area contributed by atoms with Gasteiger partial charge in [0.05, 0.1) is 0 Å². The van der Waals surface area contributed by atoms with E-state index in [1.807, 2.05) is 32.0 Å². The molecule has 3 N–H and O–H groups in total. The molecule has 1 aromatic carbocycles. The molecule has 1 aliphatic rings. The van der Waals surface area contributed by atoms with Gasteiger partial charge >= 0.3 is 0 Å². The summed E-state index contributed by atoms with van der Waals surface area (Å²) < 4.78 is 0. The molecule has 0 radical (unpaired) electrons. The molecular formula is C13H19N3O. The van der Waals surface area contributed by atoms with Crippen LogP contribution in [0.25, 0.3) is 0 Å². The minimum atomic E-state index is -0.150. The summed E-state index contributed by atoms with van der Waals surface area (Å²) in [4.78, 5) is 11.8. The Labute approximate surface area is 102 Å². The maximum absolute atomic E-state index is 11.8. The van der Waals surface area contributed by atoms with E-state index in [0.717, 1.165) is 6.42 Å². The van der Waals surface area contributed by atoms with Crippen LogP contribution < -0.4 is 16.2 Å². The number of amides is 1. The highest BCUT2D eigenvalue weighted by molar-refractivity contribution is 5.82. The molecule has 1 aromatic rings. The topological polar surface area (TPSA) is 53.2 Å². The van der Waals surface area contributed by atoms with E-state index in [1.165, 1.54) is 5.56 Å². The number of rotatable bonds is 3. The minimum absolute atomic E-state index is 0.0610. The van der Waals surface area contributed by atoms with Gasteiger partial charge in [-0.1, -0.05) is 30.3 Å². The Balaban J connectivity index is 1.94. The molecule has 0 aliphatic carbocycles. The van der Waals surface area contributed by atoms with Crippen molar-refractivity contribution >= 4 is 5.91 Å². The van der Waals surface area contributed by atoms with Crippen LogP contribution in [0.3, 0.4) is 0 Å². The van der Waals surface area contributed by atoms with Crippen molar-refractivity contribution in [3.05, 3.63) is 35.9 Å². The van der Waals surface area contributed by atoms with E-state index in [2.05, 4.69) is 28.3 Å². The second-order valence-electron chi connectivity index (χ2n) is 4.70. The summed E-state index contributed by atoms with van der Waals surface area (Å²) >= 11 is 0. The summed E-state index contributed by atoms with van der Waals surface area (Å²) in [5.74, 6) is 0.0610. The fourth-order valence-corrected chi connectivity index (χ4v) is 2.02. The Hall–Kier alpha value is -1.39. The summed E-state index contributed by atoms with van der Waals surface area (Å²) in [5.41, 5.74) is 7.42. The molecule has 0 aromatic heterocycles. The summed E-state index contributed by atoms with van der Waals surface area (Å²) in [5, 5.41) is 2.92. The number of benzene rings is 1. The molecule has 4 heteroatoms. The molecule has 92 valence electrons. The van der Waals surface area contributed by atoms with Crippen molar-refractivity contribution < 1.29 is 4.79 Å². The Morgan fingerprint density at radius 2 is 2.00 bits per heavy atom. The Kier molecular flexibility index (Phi) is 3.76. The van der Waals surface area contributed by atoms with E-state index in [0.29, 0.717) is 0 Å². The van der Waals surface area contributed by atoms with E-state index in [4.69, 9.17) is 0 Å². The zero-order valence-corrected chi connectivity index (χ0v) is 10.2. The number of hydrogen-bond acceptors (Lipinski definition) is 3. The van der Waals surface area contributed by atoms with Crippen molar-refractivity contribution in [3.8, 4) is 0 Å². The Morgan fingerprint density at radius 3 is 2.65 bits per heavy atom. The molecule has 1 amide bonds. The molecule has 2 unspecified atom stereocenters. The van der Waals surface area contributed by atoms with Gasteiger partial charge in [0.15, 0.2) is 0 Å². The number of hydrogen-bond donors (Lipinski definition) is 3. The molecule has 0 bridgehead atoms. The van der Waals surface area contributed by atoms with Crippen molar-refractivity contribution in [2.75, 3.05) is 0 Å². The SMILES string of the molecule is CC(C)NC(=O)C1CC(c2ccccc2)NN1. The molecule has 2 rings (SSSR count). The van der Waals surface area contributed by atoms with E-state index in [-0.39, 0.29) is 24.0 Å². The van der Waals surface area contributed by atoms with E-state index in [9.17, 15) is 4.79 Å². The Bertz CT molecular complexity index is 378. The van der Waals surface area contributed by atoms with Gasteiger partial charge in [0.1, 0.15) is 6.04 Å². The number of carbonyl (C=O) groups is 1. The molecule has 17 heavy (non-hydrogen) atoms. The number of hydrazine groups is 1. The first-order valence-electron chi connectivity index (χ1n) is 6.03.